The van der Waals surface area contributed by atoms with Gasteiger partial charge in [0.25, 0.3) is 0 Å². The number of hydrogen-bond acceptors (Lipinski definition) is 5. The van der Waals surface area contributed by atoms with E-state index in [1.807, 2.05) is 0 Å². The van der Waals surface area contributed by atoms with Crippen molar-refractivity contribution in [3.8, 4) is 0 Å². The van der Waals surface area contributed by atoms with Gasteiger partial charge in [0.15, 0.2) is 5.13 Å². The number of nitrogens with zero attached hydrogens (tertiary/aromatic N) is 1. The average molecular weight is 402 g/mol. The third-order valence-corrected chi connectivity index (χ3v) is 5.16. The van der Waals surface area contributed by atoms with Crippen LogP contribution in [0.2, 0.25) is 10.0 Å². The predicted octanol–water partition coefficient (Wildman–Crippen LogP) is 2.69. The number of benzene rings is 1. The number of amides is 3. The highest BCUT2D eigenvalue weighted by Crippen LogP contribution is 2.25. The molecule has 10 heteroatoms. The van der Waals surface area contributed by atoms with Crippen LogP contribution in [0.5, 0.6) is 0 Å². The molecule has 0 aliphatic rings. The smallest absolute Gasteiger partial charge is 0.321 e. The highest BCUT2D eigenvalue weighted by atomic mass is 35.5. The van der Waals surface area contributed by atoms with Crippen LogP contribution in [0.1, 0.15) is 18.2 Å². The normalized spacial score (nSPS) is 13.1. The average Bonchev–Trinajstić information content (AvgIpc) is 3.03. The molecule has 0 bridgehead atoms. The molecule has 7 nitrogen and oxygen atoms in total. The minimum absolute atomic E-state index is 0.274. The second-order valence-corrected chi connectivity index (χ2v) is 7.01. The topological polar surface area (TPSA) is 109 Å². The number of nitrogens with one attached hydrogen (secondary N) is 3. The molecular formula is C15H17Cl2N5O2S. The number of carbonyl (C=O) groups excluding carboxylic acids is 2. The Labute approximate surface area is 158 Å². The van der Waals surface area contributed by atoms with Crippen LogP contribution in [0, 0.1) is 0 Å². The molecule has 5 N–H and O–H groups in total. The summed E-state index contributed by atoms with van der Waals surface area (Å²) in [5.74, 6) is -0.559. The second kappa shape index (κ2) is 8.01. The Balaban J connectivity index is 1.97. The number of likely N-dealkylation sites (N-methyl/N-ethyl adjacent to an activating group) is 1. The van der Waals surface area contributed by atoms with Gasteiger partial charge in [0.2, 0.25) is 5.91 Å². The maximum absolute atomic E-state index is 12.0. The number of urea groups is 1. The van der Waals surface area contributed by atoms with Gasteiger partial charge in [-0.3, -0.25) is 10.1 Å². The van der Waals surface area contributed by atoms with Crippen molar-refractivity contribution in [1.29, 1.82) is 0 Å². The van der Waals surface area contributed by atoms with Crippen LogP contribution in [-0.2, 0) is 16.9 Å². The van der Waals surface area contributed by atoms with E-state index in [9.17, 15) is 9.59 Å². The van der Waals surface area contributed by atoms with E-state index < -0.39 is 17.5 Å². The molecule has 0 radical (unpaired) electrons. The number of primary amides is 1. The fourth-order valence-corrected chi connectivity index (χ4v) is 3.05. The monoisotopic (exact) mass is 401 g/mol. The Morgan fingerprint density at radius 3 is 2.64 bits per heavy atom. The summed E-state index contributed by atoms with van der Waals surface area (Å²) in [6.45, 7) is 1.90. The molecule has 0 aliphatic carbocycles. The van der Waals surface area contributed by atoms with Crippen molar-refractivity contribution in [3.63, 3.8) is 0 Å². The third-order valence-electron chi connectivity index (χ3n) is 3.67. The fourth-order valence-electron chi connectivity index (χ4n) is 1.91. The number of rotatable bonds is 6. The minimum atomic E-state index is -1.10. The molecule has 2 aromatic rings. The predicted molar refractivity (Wildman–Crippen MR) is 100 cm³/mol. The van der Waals surface area contributed by atoms with E-state index >= 15 is 0 Å². The first-order chi connectivity index (χ1) is 11.8. The molecule has 3 amide bonds. The standard InChI is InChI=1S/C15H17Cl2N5O2S/c1-15(19-2,12(18)23)11-7-25-14(21-11)22-13(24)20-6-8-3-4-9(16)10(17)5-8/h3-5,7,19H,6H2,1-2H3,(H2,18,23)(H2,20,21,22,24). The van der Waals surface area contributed by atoms with Gasteiger partial charge in [-0.2, -0.15) is 0 Å². The molecule has 0 spiro atoms. The SMILES string of the molecule is CNC(C)(C(N)=O)c1csc(NC(=O)NCc2ccc(Cl)c(Cl)c2)n1. The van der Waals surface area contributed by atoms with Crippen LogP contribution in [0.3, 0.4) is 0 Å². The van der Waals surface area contributed by atoms with Crippen LogP contribution in [0.4, 0.5) is 9.93 Å². The molecule has 0 fully saturated rings. The number of nitrogens with two attached hydrogens (primary N) is 1. The van der Waals surface area contributed by atoms with Gasteiger partial charge in [-0.05, 0) is 31.7 Å². The van der Waals surface area contributed by atoms with Crippen LogP contribution >= 0.6 is 34.5 Å². The zero-order chi connectivity index (χ0) is 18.6. The van der Waals surface area contributed by atoms with E-state index in [2.05, 4.69) is 20.9 Å². The molecule has 25 heavy (non-hydrogen) atoms. The lowest BCUT2D eigenvalue weighted by Crippen LogP contribution is -2.48. The summed E-state index contributed by atoms with van der Waals surface area (Å²) < 4.78 is 0. The third kappa shape index (κ3) is 4.60. The van der Waals surface area contributed by atoms with Crippen molar-refractivity contribution in [2.75, 3.05) is 12.4 Å². The maximum Gasteiger partial charge on any atom is 0.321 e. The van der Waals surface area contributed by atoms with E-state index in [4.69, 9.17) is 28.9 Å². The van der Waals surface area contributed by atoms with Gasteiger partial charge >= 0.3 is 6.03 Å². The molecule has 2 rings (SSSR count). The van der Waals surface area contributed by atoms with E-state index in [-0.39, 0.29) is 6.54 Å². The van der Waals surface area contributed by atoms with Gasteiger partial charge in [0.1, 0.15) is 5.54 Å². The van der Waals surface area contributed by atoms with Gasteiger partial charge in [-0.25, -0.2) is 9.78 Å². The summed E-state index contributed by atoms with van der Waals surface area (Å²) in [6.07, 6.45) is 0. The Morgan fingerprint density at radius 2 is 2.04 bits per heavy atom. The fraction of sp³-hybridized carbons (Fsp3) is 0.267. The number of carbonyl (C=O) groups is 2. The molecule has 0 saturated heterocycles. The van der Waals surface area contributed by atoms with E-state index in [0.29, 0.717) is 20.9 Å². The molecule has 1 aromatic carbocycles. The van der Waals surface area contributed by atoms with Crippen molar-refractivity contribution in [3.05, 3.63) is 44.9 Å². The zero-order valence-electron chi connectivity index (χ0n) is 13.5. The van der Waals surface area contributed by atoms with Crippen LogP contribution in [-0.4, -0.2) is 24.0 Å². The molecule has 1 atom stereocenters. The summed E-state index contributed by atoms with van der Waals surface area (Å²) >= 11 is 13.0. The quantitative estimate of drug-likeness (QED) is 0.596. The van der Waals surface area contributed by atoms with E-state index in [0.717, 1.165) is 5.56 Å². The first kappa shape index (κ1) is 19.5. The zero-order valence-corrected chi connectivity index (χ0v) is 15.9. The lowest BCUT2D eigenvalue weighted by molar-refractivity contribution is -0.124. The maximum atomic E-state index is 12.0. The lowest BCUT2D eigenvalue weighted by atomic mass is 9.98. The number of anilines is 1. The summed E-state index contributed by atoms with van der Waals surface area (Å²) in [5.41, 5.74) is 5.54. The largest absolute Gasteiger partial charge is 0.368 e. The number of halogens is 2. The number of aromatic nitrogens is 1. The van der Waals surface area contributed by atoms with Crippen molar-refractivity contribution in [1.82, 2.24) is 15.6 Å². The number of hydrogen-bond donors (Lipinski definition) is 4. The lowest BCUT2D eigenvalue weighted by Gasteiger charge is -2.22. The van der Waals surface area contributed by atoms with Gasteiger partial charge in [0.05, 0.1) is 15.7 Å². The molecule has 0 aliphatic heterocycles. The van der Waals surface area contributed by atoms with E-state index in [1.54, 1.807) is 37.6 Å². The first-order valence-electron chi connectivity index (χ1n) is 7.20. The molecule has 134 valence electrons. The Morgan fingerprint density at radius 1 is 1.32 bits per heavy atom. The Hall–Kier alpha value is -1.87. The number of thiazole rings is 1. The molecule has 0 saturated carbocycles. The first-order valence-corrected chi connectivity index (χ1v) is 8.83. The highest BCUT2D eigenvalue weighted by molar-refractivity contribution is 7.14. The summed E-state index contributed by atoms with van der Waals surface area (Å²) in [5, 5.41) is 11.0. The van der Waals surface area contributed by atoms with Gasteiger partial charge in [0, 0.05) is 11.9 Å². The summed E-state index contributed by atoms with van der Waals surface area (Å²) in [4.78, 5) is 27.8. The van der Waals surface area contributed by atoms with Crippen LogP contribution < -0.4 is 21.7 Å². The van der Waals surface area contributed by atoms with Crippen molar-refractivity contribution in [2.24, 2.45) is 5.73 Å². The molecule has 1 unspecified atom stereocenters. The summed E-state index contributed by atoms with van der Waals surface area (Å²) in [7, 11) is 1.61. The van der Waals surface area contributed by atoms with Crippen molar-refractivity contribution in [2.45, 2.75) is 19.0 Å². The van der Waals surface area contributed by atoms with Gasteiger partial charge in [-0.1, -0.05) is 29.3 Å². The Kier molecular flexibility index (Phi) is 6.23. The van der Waals surface area contributed by atoms with E-state index in [1.165, 1.54) is 11.3 Å². The van der Waals surface area contributed by atoms with Crippen molar-refractivity contribution < 1.29 is 9.59 Å². The molecular weight excluding hydrogens is 385 g/mol. The molecule has 1 aromatic heterocycles. The van der Waals surface area contributed by atoms with Crippen LogP contribution in [0.25, 0.3) is 0 Å². The highest BCUT2D eigenvalue weighted by Gasteiger charge is 2.34. The Bertz CT molecular complexity index is 798. The minimum Gasteiger partial charge on any atom is -0.368 e. The van der Waals surface area contributed by atoms with Crippen molar-refractivity contribution >= 4 is 51.6 Å². The summed E-state index contributed by atoms with van der Waals surface area (Å²) in [6, 6.07) is 4.67. The van der Waals surface area contributed by atoms with Gasteiger partial charge < -0.3 is 16.4 Å². The van der Waals surface area contributed by atoms with Crippen LogP contribution in [0.15, 0.2) is 23.6 Å². The van der Waals surface area contributed by atoms with Gasteiger partial charge in [-0.15, -0.1) is 11.3 Å². The second-order valence-electron chi connectivity index (χ2n) is 5.33. The molecule has 1 heterocycles.